The van der Waals surface area contributed by atoms with Crippen molar-refractivity contribution in [1.29, 1.82) is 0 Å². The molecule has 0 amide bonds. The van der Waals surface area contributed by atoms with Gasteiger partial charge >= 0.3 is 0 Å². The topological polar surface area (TPSA) is 37.3 Å². The fraction of sp³-hybridized carbons (Fsp3) is 0.370. The Morgan fingerprint density at radius 1 is 0.897 bits per heavy atom. The van der Waals surface area contributed by atoms with Crippen LogP contribution in [0.15, 0.2) is 94.7 Å². The molecule has 0 spiro atoms. The molecular formula is C27H36O2. The highest BCUT2D eigenvalue weighted by molar-refractivity contribution is 5.65. The Balaban J connectivity index is 2.71. The summed E-state index contributed by atoms with van der Waals surface area (Å²) in [5, 5.41) is 10.0. The van der Waals surface area contributed by atoms with Crippen molar-refractivity contribution in [3.05, 3.63) is 94.7 Å². The molecule has 0 saturated carbocycles. The van der Waals surface area contributed by atoms with Gasteiger partial charge in [0.05, 0.1) is 6.10 Å². The Labute approximate surface area is 177 Å². The smallest absolute Gasteiger partial charge is 0.142 e. The van der Waals surface area contributed by atoms with Gasteiger partial charge in [0.2, 0.25) is 0 Å². The highest BCUT2D eigenvalue weighted by Gasteiger charge is 2.31. The minimum Gasteiger partial charge on any atom is -0.393 e. The fourth-order valence-electron chi connectivity index (χ4n) is 3.52. The Bertz CT molecular complexity index is 805. The molecule has 0 radical (unpaired) electrons. The standard InChI is InChI=1S/C27H36O2/c1-21(11-7-8-12-22(2)15-10-18-28)13-9-14-23(3)16-17-26-24(4)19-25(29)20-27(26,5)6/h7-18,25,29H,19-20H2,1-6H3/b8-7+,13-9+,15-10+,17-16+,21-11+,22-12+,23-14+/t25-/m1/s1. The van der Waals surface area contributed by atoms with Crippen LogP contribution in [0.5, 0.6) is 0 Å². The molecular weight excluding hydrogens is 356 g/mol. The molecule has 0 aliphatic heterocycles. The van der Waals surface area contributed by atoms with Gasteiger partial charge in [-0.05, 0) is 57.6 Å². The summed E-state index contributed by atoms with van der Waals surface area (Å²) in [4.78, 5) is 10.3. The molecule has 0 aromatic heterocycles. The highest BCUT2D eigenvalue weighted by Crippen LogP contribution is 2.41. The van der Waals surface area contributed by atoms with Gasteiger partial charge in [-0.25, -0.2) is 0 Å². The number of aliphatic hydroxyl groups excluding tert-OH is 1. The number of hydrogen-bond donors (Lipinski definition) is 1. The van der Waals surface area contributed by atoms with E-state index in [1.165, 1.54) is 22.8 Å². The molecule has 0 aromatic rings. The molecule has 1 aliphatic rings. The summed E-state index contributed by atoms with van der Waals surface area (Å²) in [6, 6.07) is 0. The Morgan fingerprint density at radius 3 is 1.97 bits per heavy atom. The quantitative estimate of drug-likeness (QED) is 0.282. The van der Waals surface area contributed by atoms with Crippen LogP contribution in [-0.4, -0.2) is 17.5 Å². The molecule has 0 fully saturated rings. The predicted molar refractivity (Wildman–Crippen MR) is 126 cm³/mol. The van der Waals surface area contributed by atoms with Crippen molar-refractivity contribution in [2.45, 2.75) is 60.5 Å². The van der Waals surface area contributed by atoms with E-state index in [9.17, 15) is 9.90 Å². The summed E-state index contributed by atoms with van der Waals surface area (Å²) in [5.74, 6) is 0. The Kier molecular flexibility index (Phi) is 10.3. The summed E-state index contributed by atoms with van der Waals surface area (Å²) in [5.41, 5.74) is 6.01. The number of carbonyl (C=O) groups excluding carboxylic acids is 1. The zero-order chi connectivity index (χ0) is 21.9. The minimum absolute atomic E-state index is 0.00978. The molecule has 29 heavy (non-hydrogen) atoms. The van der Waals surface area contributed by atoms with Gasteiger partial charge in [0.1, 0.15) is 6.29 Å². The van der Waals surface area contributed by atoms with Crippen molar-refractivity contribution in [1.82, 2.24) is 0 Å². The van der Waals surface area contributed by atoms with E-state index in [1.54, 1.807) is 6.08 Å². The number of hydrogen-bond acceptors (Lipinski definition) is 2. The lowest BCUT2D eigenvalue weighted by atomic mass is 9.71. The average Bonchev–Trinajstić information content (AvgIpc) is 2.62. The second kappa shape index (κ2) is 12.2. The van der Waals surface area contributed by atoms with Gasteiger partial charge in [-0.1, -0.05) is 96.9 Å². The van der Waals surface area contributed by atoms with Crippen LogP contribution in [-0.2, 0) is 4.79 Å². The number of carbonyl (C=O) groups is 1. The molecule has 1 rings (SSSR count). The van der Waals surface area contributed by atoms with E-state index in [0.717, 1.165) is 30.3 Å². The zero-order valence-corrected chi connectivity index (χ0v) is 18.8. The first-order valence-corrected chi connectivity index (χ1v) is 10.2. The van der Waals surface area contributed by atoms with Gasteiger partial charge in [-0.2, -0.15) is 0 Å². The van der Waals surface area contributed by atoms with Gasteiger partial charge in [0.25, 0.3) is 0 Å². The third-order valence-corrected chi connectivity index (χ3v) is 4.97. The van der Waals surface area contributed by atoms with Crippen LogP contribution in [0.1, 0.15) is 54.4 Å². The van der Waals surface area contributed by atoms with E-state index in [4.69, 9.17) is 0 Å². The zero-order valence-electron chi connectivity index (χ0n) is 18.8. The van der Waals surface area contributed by atoms with Crippen molar-refractivity contribution in [3.8, 4) is 0 Å². The summed E-state index contributed by atoms with van der Waals surface area (Å²) in [6.07, 6.45) is 24.0. The monoisotopic (exact) mass is 392 g/mol. The number of allylic oxidation sites excluding steroid dienone is 15. The molecule has 1 aliphatic carbocycles. The molecule has 1 N–H and O–H groups in total. The van der Waals surface area contributed by atoms with Crippen molar-refractivity contribution in [2.24, 2.45) is 5.41 Å². The summed E-state index contributed by atoms with van der Waals surface area (Å²) < 4.78 is 0. The maximum absolute atomic E-state index is 10.3. The van der Waals surface area contributed by atoms with E-state index in [0.29, 0.717) is 0 Å². The summed E-state index contributed by atoms with van der Waals surface area (Å²) in [6.45, 7) is 12.6. The molecule has 0 saturated heterocycles. The molecule has 1 atom stereocenters. The number of aliphatic hydroxyl groups is 1. The summed E-state index contributed by atoms with van der Waals surface area (Å²) >= 11 is 0. The van der Waals surface area contributed by atoms with Crippen LogP contribution >= 0.6 is 0 Å². The van der Waals surface area contributed by atoms with Gasteiger partial charge in [0.15, 0.2) is 0 Å². The normalized spacial score (nSPS) is 22.0. The predicted octanol–water partition coefficient (Wildman–Crippen LogP) is 6.75. The molecule has 156 valence electrons. The lowest BCUT2D eigenvalue weighted by Crippen LogP contribution is -2.28. The fourth-order valence-corrected chi connectivity index (χ4v) is 3.52. The molecule has 2 nitrogen and oxygen atoms in total. The Morgan fingerprint density at radius 2 is 1.41 bits per heavy atom. The summed E-state index contributed by atoms with van der Waals surface area (Å²) in [7, 11) is 0. The SMILES string of the molecule is CC1=C(/C=C/C(C)=C/C=C/C(C)=C/C=C/C=C(C)/C=C/C=O)C(C)(C)C[C@H](O)C1. The molecule has 2 heteroatoms. The third-order valence-electron chi connectivity index (χ3n) is 4.97. The van der Waals surface area contributed by atoms with Gasteiger partial charge < -0.3 is 5.11 Å². The molecule has 0 aromatic carbocycles. The maximum Gasteiger partial charge on any atom is 0.142 e. The first-order valence-electron chi connectivity index (χ1n) is 10.2. The second-order valence-electron chi connectivity index (χ2n) is 8.44. The molecule has 0 bridgehead atoms. The molecule has 0 unspecified atom stereocenters. The van der Waals surface area contributed by atoms with Crippen LogP contribution in [0.3, 0.4) is 0 Å². The third kappa shape index (κ3) is 9.54. The maximum atomic E-state index is 10.3. The largest absolute Gasteiger partial charge is 0.393 e. The lowest BCUT2D eigenvalue weighted by molar-refractivity contribution is -0.104. The van der Waals surface area contributed by atoms with Crippen molar-refractivity contribution in [3.63, 3.8) is 0 Å². The average molecular weight is 393 g/mol. The van der Waals surface area contributed by atoms with E-state index in [-0.39, 0.29) is 11.5 Å². The van der Waals surface area contributed by atoms with E-state index >= 15 is 0 Å². The molecule has 0 heterocycles. The van der Waals surface area contributed by atoms with E-state index in [1.807, 2.05) is 31.2 Å². The lowest BCUT2D eigenvalue weighted by Gasteiger charge is -2.35. The van der Waals surface area contributed by atoms with E-state index in [2.05, 4.69) is 65.0 Å². The number of aldehydes is 1. The van der Waals surface area contributed by atoms with Gasteiger partial charge in [-0.3, -0.25) is 4.79 Å². The van der Waals surface area contributed by atoms with Crippen LogP contribution in [0.4, 0.5) is 0 Å². The minimum atomic E-state index is -0.224. The van der Waals surface area contributed by atoms with Gasteiger partial charge in [-0.15, -0.1) is 0 Å². The van der Waals surface area contributed by atoms with Crippen molar-refractivity contribution in [2.75, 3.05) is 0 Å². The van der Waals surface area contributed by atoms with Crippen molar-refractivity contribution < 1.29 is 9.90 Å². The second-order valence-corrected chi connectivity index (χ2v) is 8.44. The highest BCUT2D eigenvalue weighted by atomic mass is 16.3. The van der Waals surface area contributed by atoms with E-state index < -0.39 is 0 Å². The van der Waals surface area contributed by atoms with Crippen LogP contribution in [0, 0.1) is 5.41 Å². The van der Waals surface area contributed by atoms with Gasteiger partial charge in [0, 0.05) is 0 Å². The van der Waals surface area contributed by atoms with Crippen LogP contribution in [0.2, 0.25) is 0 Å². The number of rotatable bonds is 8. The van der Waals surface area contributed by atoms with Crippen LogP contribution in [0.25, 0.3) is 0 Å². The first-order chi connectivity index (χ1) is 13.7. The van der Waals surface area contributed by atoms with Crippen molar-refractivity contribution >= 4 is 6.29 Å². The first kappa shape index (κ1) is 24.6. The Hall–Kier alpha value is -2.45. The van der Waals surface area contributed by atoms with Crippen LogP contribution < -0.4 is 0 Å².